The SMILES string of the molecule is CN(C)c1ccc(-c2nnc(NC(=O)C3CCCN3S(=O)(=O)c3ccc(C(C)(C)C)cc3)s2)cc1. The Labute approximate surface area is 211 Å². The lowest BCUT2D eigenvalue weighted by Gasteiger charge is -2.24. The Bertz CT molecular complexity index is 1290. The molecule has 1 fully saturated rings. The summed E-state index contributed by atoms with van der Waals surface area (Å²) in [4.78, 5) is 15.3. The predicted octanol–water partition coefficient (Wildman–Crippen LogP) is 4.36. The fourth-order valence-electron chi connectivity index (χ4n) is 4.03. The average molecular weight is 514 g/mol. The Morgan fingerprint density at radius 3 is 2.31 bits per heavy atom. The van der Waals surface area contributed by atoms with Gasteiger partial charge in [0.1, 0.15) is 11.0 Å². The van der Waals surface area contributed by atoms with Gasteiger partial charge >= 0.3 is 0 Å². The summed E-state index contributed by atoms with van der Waals surface area (Å²) in [6.45, 7) is 6.54. The number of sulfonamides is 1. The summed E-state index contributed by atoms with van der Waals surface area (Å²) in [5.74, 6) is -0.386. The highest BCUT2D eigenvalue weighted by atomic mass is 32.2. The van der Waals surface area contributed by atoms with E-state index in [4.69, 9.17) is 0 Å². The number of benzene rings is 2. The number of hydrogen-bond acceptors (Lipinski definition) is 7. The second-order valence-corrected chi connectivity index (χ2v) is 12.8. The normalized spacial score (nSPS) is 16.9. The zero-order valence-electron chi connectivity index (χ0n) is 20.6. The summed E-state index contributed by atoms with van der Waals surface area (Å²) in [5.41, 5.74) is 2.95. The van der Waals surface area contributed by atoms with Crippen LogP contribution >= 0.6 is 11.3 Å². The van der Waals surface area contributed by atoms with E-state index in [1.54, 1.807) is 12.1 Å². The molecule has 186 valence electrons. The van der Waals surface area contributed by atoms with Crippen molar-refractivity contribution in [3.8, 4) is 10.6 Å². The molecule has 4 rings (SSSR count). The van der Waals surface area contributed by atoms with Crippen molar-refractivity contribution < 1.29 is 13.2 Å². The predicted molar refractivity (Wildman–Crippen MR) is 140 cm³/mol. The molecule has 8 nitrogen and oxygen atoms in total. The first-order valence-corrected chi connectivity index (χ1v) is 13.8. The van der Waals surface area contributed by atoms with E-state index >= 15 is 0 Å². The van der Waals surface area contributed by atoms with Crippen molar-refractivity contribution in [2.75, 3.05) is 30.9 Å². The zero-order chi connectivity index (χ0) is 25.4. The van der Waals surface area contributed by atoms with Crippen LogP contribution in [0.5, 0.6) is 0 Å². The maximum absolute atomic E-state index is 13.3. The molecule has 1 atom stereocenters. The van der Waals surface area contributed by atoms with Gasteiger partial charge in [-0.2, -0.15) is 4.31 Å². The molecule has 1 N–H and O–H groups in total. The molecule has 1 aliphatic heterocycles. The minimum Gasteiger partial charge on any atom is -0.378 e. The van der Waals surface area contributed by atoms with E-state index in [1.807, 2.05) is 55.4 Å². The molecular weight excluding hydrogens is 482 g/mol. The Balaban J connectivity index is 1.48. The number of rotatable bonds is 6. The van der Waals surface area contributed by atoms with Gasteiger partial charge in [-0.1, -0.05) is 44.2 Å². The monoisotopic (exact) mass is 513 g/mol. The maximum atomic E-state index is 13.3. The first-order valence-electron chi connectivity index (χ1n) is 11.5. The van der Waals surface area contributed by atoms with Gasteiger partial charge in [0, 0.05) is 31.9 Å². The van der Waals surface area contributed by atoms with Crippen LogP contribution in [0, 0.1) is 0 Å². The number of aromatic nitrogens is 2. The minimum atomic E-state index is -3.80. The number of anilines is 2. The van der Waals surface area contributed by atoms with E-state index in [2.05, 4.69) is 36.3 Å². The molecule has 1 unspecified atom stereocenters. The molecule has 0 radical (unpaired) electrons. The van der Waals surface area contributed by atoms with Crippen LogP contribution in [0.25, 0.3) is 10.6 Å². The van der Waals surface area contributed by atoms with Crippen LogP contribution in [0.2, 0.25) is 0 Å². The molecule has 1 saturated heterocycles. The highest BCUT2D eigenvalue weighted by Gasteiger charge is 2.39. The van der Waals surface area contributed by atoms with E-state index < -0.39 is 16.1 Å². The molecule has 0 saturated carbocycles. The Morgan fingerprint density at radius 1 is 1.06 bits per heavy atom. The van der Waals surface area contributed by atoms with Gasteiger partial charge in [0.05, 0.1) is 4.90 Å². The number of carbonyl (C=O) groups is 1. The Kier molecular flexibility index (Phi) is 6.99. The molecule has 1 aliphatic rings. The van der Waals surface area contributed by atoms with Crippen molar-refractivity contribution in [2.24, 2.45) is 0 Å². The number of carbonyl (C=O) groups excluding carboxylic acids is 1. The molecule has 3 aromatic rings. The Hall–Kier alpha value is -2.82. The largest absolute Gasteiger partial charge is 0.378 e. The van der Waals surface area contributed by atoms with Crippen LogP contribution in [0.4, 0.5) is 10.8 Å². The van der Waals surface area contributed by atoms with Crippen LogP contribution in [0.3, 0.4) is 0 Å². The zero-order valence-corrected chi connectivity index (χ0v) is 22.3. The van der Waals surface area contributed by atoms with Crippen LogP contribution in [0.15, 0.2) is 53.4 Å². The molecule has 2 aromatic carbocycles. The van der Waals surface area contributed by atoms with Crippen LogP contribution < -0.4 is 10.2 Å². The fourth-order valence-corrected chi connectivity index (χ4v) is 6.44. The van der Waals surface area contributed by atoms with Crippen LogP contribution in [-0.2, 0) is 20.2 Å². The van der Waals surface area contributed by atoms with E-state index in [1.165, 1.54) is 15.6 Å². The summed E-state index contributed by atoms with van der Waals surface area (Å²) in [6, 6.07) is 14.0. The molecule has 1 aromatic heterocycles. The molecular formula is C25H31N5O3S2. The third-order valence-electron chi connectivity index (χ3n) is 6.12. The smallest absolute Gasteiger partial charge is 0.244 e. The van der Waals surface area contributed by atoms with Gasteiger partial charge in [0.15, 0.2) is 0 Å². The number of amides is 1. The highest BCUT2D eigenvalue weighted by molar-refractivity contribution is 7.89. The number of nitrogens with zero attached hydrogens (tertiary/aromatic N) is 4. The third kappa shape index (κ3) is 5.39. The standard InChI is InChI=1S/C25H31N5O3S2/c1-25(2,3)18-10-14-20(15-11-18)35(32,33)30-16-6-7-21(30)22(31)26-24-28-27-23(34-24)17-8-12-19(13-9-17)29(4)5/h8-15,21H,6-7,16H2,1-5H3,(H,26,28,31). The lowest BCUT2D eigenvalue weighted by molar-refractivity contribution is -0.119. The topological polar surface area (TPSA) is 95.5 Å². The first kappa shape index (κ1) is 25.3. The molecule has 35 heavy (non-hydrogen) atoms. The molecule has 10 heteroatoms. The van der Waals surface area contributed by atoms with Gasteiger partial charge in [0.25, 0.3) is 0 Å². The van der Waals surface area contributed by atoms with Crippen LogP contribution in [-0.4, -0.2) is 55.5 Å². The first-order chi connectivity index (χ1) is 16.5. The fraction of sp³-hybridized carbons (Fsp3) is 0.400. The molecule has 0 spiro atoms. The maximum Gasteiger partial charge on any atom is 0.244 e. The van der Waals surface area contributed by atoms with Crippen LogP contribution in [0.1, 0.15) is 39.2 Å². The lowest BCUT2D eigenvalue weighted by Crippen LogP contribution is -2.43. The van der Waals surface area contributed by atoms with Gasteiger partial charge in [-0.05, 0) is 60.2 Å². The van der Waals surface area contributed by atoms with Gasteiger partial charge in [0.2, 0.25) is 21.1 Å². The average Bonchev–Trinajstić information content (AvgIpc) is 3.49. The highest BCUT2D eigenvalue weighted by Crippen LogP contribution is 2.31. The third-order valence-corrected chi connectivity index (χ3v) is 8.93. The summed E-state index contributed by atoms with van der Waals surface area (Å²) in [6.07, 6.45) is 1.08. The van der Waals surface area contributed by atoms with Gasteiger partial charge in [-0.3, -0.25) is 10.1 Å². The second kappa shape index (κ2) is 9.67. The van der Waals surface area contributed by atoms with Gasteiger partial charge in [-0.15, -0.1) is 10.2 Å². The van der Waals surface area contributed by atoms with E-state index in [0.29, 0.717) is 29.5 Å². The molecule has 0 bridgehead atoms. The summed E-state index contributed by atoms with van der Waals surface area (Å²) in [5, 5.41) is 12.1. The van der Waals surface area contributed by atoms with Crippen molar-refractivity contribution >= 4 is 38.1 Å². The molecule has 1 amide bonds. The lowest BCUT2D eigenvalue weighted by atomic mass is 9.87. The van der Waals surface area contributed by atoms with E-state index in [-0.39, 0.29) is 16.2 Å². The van der Waals surface area contributed by atoms with Gasteiger partial charge < -0.3 is 4.90 Å². The molecule has 2 heterocycles. The second-order valence-electron chi connectivity index (χ2n) is 9.89. The van der Waals surface area contributed by atoms with Crippen molar-refractivity contribution in [2.45, 2.75) is 50.0 Å². The van der Waals surface area contributed by atoms with E-state index in [9.17, 15) is 13.2 Å². The minimum absolute atomic E-state index is 0.0760. The summed E-state index contributed by atoms with van der Waals surface area (Å²) < 4.78 is 28.0. The number of nitrogens with one attached hydrogen (secondary N) is 1. The molecule has 0 aliphatic carbocycles. The van der Waals surface area contributed by atoms with Crippen molar-refractivity contribution in [3.63, 3.8) is 0 Å². The number of hydrogen-bond donors (Lipinski definition) is 1. The van der Waals surface area contributed by atoms with Crippen molar-refractivity contribution in [1.29, 1.82) is 0 Å². The van der Waals surface area contributed by atoms with Crippen molar-refractivity contribution in [1.82, 2.24) is 14.5 Å². The van der Waals surface area contributed by atoms with E-state index in [0.717, 1.165) is 16.8 Å². The van der Waals surface area contributed by atoms with Crippen molar-refractivity contribution in [3.05, 3.63) is 54.1 Å². The quantitative estimate of drug-likeness (QED) is 0.526. The summed E-state index contributed by atoms with van der Waals surface area (Å²) >= 11 is 1.26. The Morgan fingerprint density at radius 2 is 1.71 bits per heavy atom. The summed E-state index contributed by atoms with van der Waals surface area (Å²) in [7, 11) is 0.146. The van der Waals surface area contributed by atoms with Gasteiger partial charge in [-0.25, -0.2) is 8.42 Å².